The van der Waals surface area contributed by atoms with Crippen LogP contribution in [0, 0.1) is 0 Å². The molecule has 0 N–H and O–H groups in total. The average molecular weight is 632 g/mol. The second-order valence-corrected chi connectivity index (χ2v) is 13.5. The third kappa shape index (κ3) is 3.56. The maximum atomic E-state index is 6.89. The zero-order chi connectivity index (χ0) is 31.3. The van der Waals surface area contributed by atoms with E-state index in [1.54, 1.807) is 0 Å². The van der Waals surface area contributed by atoms with Gasteiger partial charge in [0.25, 0.3) is 0 Å². The van der Waals surface area contributed by atoms with Crippen molar-refractivity contribution in [1.29, 1.82) is 0 Å². The molecule has 0 atom stereocenters. The lowest BCUT2D eigenvalue weighted by Crippen LogP contribution is -1.97. The van der Waals surface area contributed by atoms with Gasteiger partial charge in [0.05, 0.1) is 22.1 Å². The summed E-state index contributed by atoms with van der Waals surface area (Å²) in [5.74, 6) is 0.910. The van der Waals surface area contributed by atoms with Gasteiger partial charge in [-0.1, -0.05) is 97.1 Å². The lowest BCUT2D eigenvalue weighted by molar-refractivity contribution is 0.671. The van der Waals surface area contributed by atoms with Gasteiger partial charge in [-0.05, 0) is 48.5 Å². The number of nitrogens with zero attached hydrogens (tertiary/aromatic N) is 3. The molecule has 0 radical (unpaired) electrons. The Labute approximate surface area is 278 Å². The van der Waals surface area contributed by atoms with Crippen LogP contribution in [0.3, 0.4) is 0 Å². The molecule has 0 amide bonds. The Hall–Kier alpha value is -6.17. The minimum Gasteiger partial charge on any atom is -0.454 e. The first kappa shape index (κ1) is 26.0. The molecule has 0 bridgehead atoms. The lowest BCUT2D eigenvalue weighted by atomic mass is 10.1. The molecule has 11 rings (SSSR count). The van der Waals surface area contributed by atoms with E-state index < -0.39 is 0 Å². The molecule has 0 aliphatic carbocycles. The molecular weight excluding hydrogens is 607 g/mol. The number of fused-ring (bicyclic) bond motifs is 11. The van der Waals surface area contributed by atoms with E-state index in [1.807, 2.05) is 17.4 Å². The Balaban J connectivity index is 1.22. The van der Waals surface area contributed by atoms with E-state index in [1.165, 1.54) is 30.9 Å². The third-order valence-corrected chi connectivity index (χ3v) is 10.8. The van der Waals surface area contributed by atoms with Crippen molar-refractivity contribution in [2.24, 2.45) is 0 Å². The van der Waals surface area contributed by atoms with E-state index >= 15 is 0 Å². The number of rotatable bonds is 3. The van der Waals surface area contributed by atoms with Crippen LogP contribution < -0.4 is 0 Å². The van der Waals surface area contributed by atoms with Gasteiger partial charge in [-0.25, -0.2) is 4.98 Å². The van der Waals surface area contributed by atoms with Gasteiger partial charge in [0, 0.05) is 64.7 Å². The summed E-state index contributed by atoms with van der Waals surface area (Å²) in [7, 11) is 0. The SMILES string of the molecule is c1ccc(-c2nc3cc4oc5c(ccc6c7ccccc7n(-c7ccc8c(c7)sc7ccccc78)c65)c4cc3n2-c2ccccc2)cc1. The summed E-state index contributed by atoms with van der Waals surface area (Å²) in [6, 6.07) is 53.9. The van der Waals surface area contributed by atoms with E-state index in [-0.39, 0.29) is 0 Å². The largest absolute Gasteiger partial charge is 0.454 e. The molecule has 0 fully saturated rings. The van der Waals surface area contributed by atoms with Crippen molar-refractivity contribution in [3.8, 4) is 22.8 Å². The van der Waals surface area contributed by atoms with Crippen molar-refractivity contribution < 1.29 is 4.42 Å². The van der Waals surface area contributed by atoms with Crippen LogP contribution in [0.5, 0.6) is 0 Å². The third-order valence-electron chi connectivity index (χ3n) is 9.72. The minimum atomic E-state index is 0.832. The van der Waals surface area contributed by atoms with Crippen molar-refractivity contribution in [1.82, 2.24) is 14.1 Å². The van der Waals surface area contributed by atoms with Gasteiger partial charge >= 0.3 is 0 Å². The predicted molar refractivity (Wildman–Crippen MR) is 201 cm³/mol. The molecule has 0 aliphatic rings. The number of furan rings is 1. The van der Waals surface area contributed by atoms with E-state index in [0.717, 1.165) is 66.8 Å². The molecule has 7 aromatic carbocycles. The second kappa shape index (κ2) is 9.67. The number of aromatic nitrogens is 3. The molecule has 4 nitrogen and oxygen atoms in total. The highest BCUT2D eigenvalue weighted by Gasteiger charge is 2.22. The molecular formula is C43H25N3OS. The number of thiophene rings is 1. The monoisotopic (exact) mass is 631 g/mol. The standard InChI is InChI=1S/C43H25N3OS/c1-3-11-26(12-4-1)43-44-35-25-38-34(24-37(35)46(43)27-13-5-2-6-14-27)33-22-21-32-29-15-7-9-17-36(29)45(41(32)42(33)47-38)28-19-20-31-30-16-8-10-18-39(30)48-40(31)23-28/h1-25H. The van der Waals surface area contributed by atoms with Crippen molar-refractivity contribution in [3.63, 3.8) is 0 Å². The van der Waals surface area contributed by atoms with Gasteiger partial charge in [0.2, 0.25) is 0 Å². The number of imidazole rings is 1. The van der Waals surface area contributed by atoms with Crippen LogP contribution in [0.1, 0.15) is 0 Å². The highest BCUT2D eigenvalue weighted by Crippen LogP contribution is 2.43. The summed E-state index contributed by atoms with van der Waals surface area (Å²) < 4.78 is 14.1. The zero-order valence-corrected chi connectivity index (χ0v) is 26.4. The Morgan fingerprint density at radius 2 is 1.19 bits per heavy atom. The predicted octanol–water partition coefficient (Wildman–Crippen LogP) is 12.1. The Morgan fingerprint density at radius 3 is 2.06 bits per heavy atom. The van der Waals surface area contributed by atoms with Crippen molar-refractivity contribution in [2.45, 2.75) is 0 Å². The Bertz CT molecular complexity index is 3050. The smallest absolute Gasteiger partial charge is 0.160 e. The quantitative estimate of drug-likeness (QED) is 0.194. The summed E-state index contributed by atoms with van der Waals surface area (Å²) in [5.41, 5.74) is 9.18. The fourth-order valence-electron chi connectivity index (χ4n) is 7.59. The van der Waals surface area contributed by atoms with Gasteiger partial charge < -0.3 is 8.98 Å². The van der Waals surface area contributed by atoms with Gasteiger partial charge in [-0.2, -0.15) is 0 Å². The molecule has 0 aliphatic heterocycles. The summed E-state index contributed by atoms with van der Waals surface area (Å²) >= 11 is 1.85. The van der Waals surface area contributed by atoms with E-state index in [2.05, 4.69) is 155 Å². The highest BCUT2D eigenvalue weighted by atomic mass is 32.1. The van der Waals surface area contributed by atoms with Crippen LogP contribution in [0.4, 0.5) is 0 Å². The summed E-state index contributed by atoms with van der Waals surface area (Å²) in [4.78, 5) is 5.19. The Morgan fingerprint density at radius 1 is 0.479 bits per heavy atom. The molecule has 224 valence electrons. The van der Waals surface area contributed by atoms with Gasteiger partial charge in [0.15, 0.2) is 5.58 Å². The van der Waals surface area contributed by atoms with Crippen LogP contribution in [0.2, 0.25) is 0 Å². The number of para-hydroxylation sites is 2. The van der Waals surface area contributed by atoms with Crippen molar-refractivity contribution in [3.05, 3.63) is 152 Å². The summed E-state index contributed by atoms with van der Waals surface area (Å²) in [6.07, 6.45) is 0. The van der Waals surface area contributed by atoms with Crippen LogP contribution in [0.15, 0.2) is 156 Å². The zero-order valence-electron chi connectivity index (χ0n) is 25.6. The summed E-state index contributed by atoms with van der Waals surface area (Å²) in [5, 5.41) is 7.16. The van der Waals surface area contributed by atoms with Crippen molar-refractivity contribution >= 4 is 86.3 Å². The van der Waals surface area contributed by atoms with E-state index in [9.17, 15) is 0 Å². The topological polar surface area (TPSA) is 35.9 Å². The molecule has 11 aromatic rings. The van der Waals surface area contributed by atoms with E-state index in [4.69, 9.17) is 9.40 Å². The Kier molecular flexibility index (Phi) is 5.23. The van der Waals surface area contributed by atoms with Crippen LogP contribution in [0.25, 0.3) is 97.7 Å². The molecule has 0 saturated heterocycles. The maximum Gasteiger partial charge on any atom is 0.160 e. The van der Waals surface area contributed by atoms with E-state index in [0.29, 0.717) is 0 Å². The first-order valence-corrected chi connectivity index (χ1v) is 17.0. The van der Waals surface area contributed by atoms with Gasteiger partial charge in [-0.3, -0.25) is 4.57 Å². The molecule has 0 spiro atoms. The number of benzene rings is 7. The second-order valence-electron chi connectivity index (χ2n) is 12.4. The first-order chi connectivity index (χ1) is 23.8. The molecule has 0 saturated carbocycles. The molecule has 4 heterocycles. The van der Waals surface area contributed by atoms with Gasteiger partial charge in [-0.15, -0.1) is 11.3 Å². The normalized spacial score (nSPS) is 12.2. The first-order valence-electron chi connectivity index (χ1n) is 16.1. The van der Waals surface area contributed by atoms with Crippen LogP contribution >= 0.6 is 11.3 Å². The average Bonchev–Trinajstić information content (AvgIpc) is 3.89. The number of hydrogen-bond donors (Lipinski definition) is 0. The summed E-state index contributed by atoms with van der Waals surface area (Å²) in [6.45, 7) is 0. The van der Waals surface area contributed by atoms with Crippen molar-refractivity contribution in [2.75, 3.05) is 0 Å². The molecule has 4 aromatic heterocycles. The van der Waals surface area contributed by atoms with Crippen LogP contribution in [-0.2, 0) is 0 Å². The lowest BCUT2D eigenvalue weighted by Gasteiger charge is -2.09. The van der Waals surface area contributed by atoms with Crippen LogP contribution in [-0.4, -0.2) is 14.1 Å². The minimum absolute atomic E-state index is 0.832. The maximum absolute atomic E-state index is 6.89. The fraction of sp³-hybridized carbons (Fsp3) is 0. The molecule has 0 unspecified atom stereocenters. The van der Waals surface area contributed by atoms with Gasteiger partial charge in [0.1, 0.15) is 11.4 Å². The highest BCUT2D eigenvalue weighted by molar-refractivity contribution is 7.25. The fourth-order valence-corrected chi connectivity index (χ4v) is 8.73. The molecule has 5 heteroatoms. The molecule has 48 heavy (non-hydrogen) atoms. The number of hydrogen-bond acceptors (Lipinski definition) is 3.